The molecule has 1 amide bonds. The van der Waals surface area contributed by atoms with Crippen molar-refractivity contribution >= 4 is 22.2 Å². The van der Waals surface area contributed by atoms with Gasteiger partial charge in [0.2, 0.25) is 5.91 Å². The Morgan fingerprint density at radius 2 is 2.00 bits per heavy atom. The quantitative estimate of drug-likeness (QED) is 0.853. The van der Waals surface area contributed by atoms with Gasteiger partial charge in [-0.3, -0.25) is 9.69 Å². The van der Waals surface area contributed by atoms with Crippen LogP contribution < -0.4 is 5.32 Å². The van der Waals surface area contributed by atoms with E-state index < -0.39 is 0 Å². The number of hydrogen-bond acceptors (Lipinski definition) is 5. The van der Waals surface area contributed by atoms with Crippen LogP contribution in [0.25, 0.3) is 0 Å². The molecule has 1 N–H and O–H groups in total. The van der Waals surface area contributed by atoms with Crippen LogP contribution in [-0.2, 0) is 22.4 Å². The first kappa shape index (κ1) is 20.3. The first-order chi connectivity index (χ1) is 12.7. The largest absolute Gasteiger partial charge is 0.373 e. The first-order valence-electron chi connectivity index (χ1n) is 9.89. The van der Waals surface area contributed by atoms with E-state index in [1.54, 1.807) is 11.3 Å². The van der Waals surface area contributed by atoms with Crippen molar-refractivity contribution in [3.05, 3.63) is 16.0 Å². The smallest absolute Gasteiger partial charge is 0.239 e. The third-order valence-corrected chi connectivity index (χ3v) is 6.89. The molecule has 148 valence electrons. The van der Waals surface area contributed by atoms with Crippen LogP contribution in [0.2, 0.25) is 0 Å². The van der Waals surface area contributed by atoms with Gasteiger partial charge in [-0.25, -0.2) is 0 Å². The Morgan fingerprint density at radius 1 is 1.33 bits per heavy atom. The molecule has 2 heterocycles. The summed E-state index contributed by atoms with van der Waals surface area (Å²) in [6.45, 7) is 12.8. The summed E-state index contributed by atoms with van der Waals surface area (Å²) >= 11 is 1.60. The van der Waals surface area contributed by atoms with Gasteiger partial charge in [0.1, 0.15) is 11.1 Å². The van der Waals surface area contributed by atoms with E-state index in [0.717, 1.165) is 42.9 Å². The van der Waals surface area contributed by atoms with Crippen LogP contribution >= 0.6 is 11.3 Å². The van der Waals surface area contributed by atoms with Crippen molar-refractivity contribution in [3.8, 4) is 6.07 Å². The van der Waals surface area contributed by atoms with Gasteiger partial charge in [-0.05, 0) is 50.0 Å². The molecule has 1 aromatic heterocycles. The van der Waals surface area contributed by atoms with Gasteiger partial charge in [0.25, 0.3) is 0 Å². The van der Waals surface area contributed by atoms with E-state index in [4.69, 9.17) is 4.74 Å². The van der Waals surface area contributed by atoms with Gasteiger partial charge in [-0.15, -0.1) is 11.3 Å². The SMILES string of the molecule is CC1CN(CC(=O)Nc2sc3c(c2C#N)CCC(C(C)(C)C)C3)CC(C)O1. The standard InChI is InChI=1S/C21H31N3O2S/c1-13-10-24(11-14(2)26-13)12-19(25)23-20-17(9-22)16-7-6-15(21(3,4)5)8-18(16)27-20/h13-15H,6-8,10-12H2,1-5H3,(H,23,25). The van der Waals surface area contributed by atoms with Crippen molar-refractivity contribution in [2.24, 2.45) is 11.3 Å². The maximum atomic E-state index is 12.6. The summed E-state index contributed by atoms with van der Waals surface area (Å²) in [6.07, 6.45) is 3.33. The highest BCUT2D eigenvalue weighted by Crippen LogP contribution is 2.43. The molecule has 0 aromatic carbocycles. The minimum absolute atomic E-state index is 0.0428. The summed E-state index contributed by atoms with van der Waals surface area (Å²) in [6, 6.07) is 2.34. The number of carbonyl (C=O) groups is 1. The van der Waals surface area contributed by atoms with Crippen molar-refractivity contribution < 1.29 is 9.53 Å². The first-order valence-corrected chi connectivity index (χ1v) is 10.7. The highest BCUT2D eigenvalue weighted by atomic mass is 32.1. The second-order valence-corrected chi connectivity index (χ2v) is 10.2. The molecule has 0 radical (unpaired) electrons. The number of nitrogens with zero attached hydrogens (tertiary/aromatic N) is 2. The highest BCUT2D eigenvalue weighted by Gasteiger charge is 2.32. The molecular formula is C21H31N3O2S. The lowest BCUT2D eigenvalue weighted by atomic mass is 9.72. The number of nitriles is 1. The molecule has 2 aliphatic rings. The average Bonchev–Trinajstić information content (AvgIpc) is 2.88. The minimum atomic E-state index is -0.0428. The maximum Gasteiger partial charge on any atom is 0.239 e. The Bertz CT molecular complexity index is 734. The molecule has 1 aliphatic heterocycles. The van der Waals surface area contributed by atoms with E-state index in [1.165, 1.54) is 4.88 Å². The molecule has 1 aliphatic carbocycles. The number of hydrogen-bond donors (Lipinski definition) is 1. The molecule has 0 bridgehead atoms. The zero-order valence-corrected chi connectivity index (χ0v) is 17.9. The van der Waals surface area contributed by atoms with Gasteiger partial charge in [0.15, 0.2) is 0 Å². The Hall–Kier alpha value is -1.42. The lowest BCUT2D eigenvalue weighted by molar-refractivity contribution is -0.121. The Morgan fingerprint density at radius 3 is 2.59 bits per heavy atom. The molecule has 1 fully saturated rings. The molecular weight excluding hydrogens is 358 g/mol. The van der Waals surface area contributed by atoms with Gasteiger partial charge < -0.3 is 10.1 Å². The van der Waals surface area contributed by atoms with Gasteiger partial charge >= 0.3 is 0 Å². The number of morpholine rings is 1. The molecule has 1 saturated heterocycles. The predicted octanol–water partition coefficient (Wildman–Crippen LogP) is 3.82. The molecule has 0 spiro atoms. The fraction of sp³-hybridized carbons (Fsp3) is 0.714. The lowest BCUT2D eigenvalue weighted by Gasteiger charge is -2.34. The summed E-state index contributed by atoms with van der Waals surface area (Å²) in [5.74, 6) is 0.578. The number of thiophene rings is 1. The zero-order valence-electron chi connectivity index (χ0n) is 17.1. The molecule has 0 saturated carbocycles. The van der Waals surface area contributed by atoms with E-state index >= 15 is 0 Å². The minimum Gasteiger partial charge on any atom is -0.373 e. The number of fused-ring (bicyclic) bond motifs is 1. The highest BCUT2D eigenvalue weighted by molar-refractivity contribution is 7.16. The second-order valence-electron chi connectivity index (χ2n) is 9.13. The second kappa shape index (κ2) is 7.90. The van der Waals surface area contributed by atoms with Gasteiger partial charge in [-0.2, -0.15) is 5.26 Å². The normalized spacial score (nSPS) is 26.3. The number of amides is 1. The number of rotatable bonds is 3. The maximum absolute atomic E-state index is 12.6. The van der Waals surface area contributed by atoms with E-state index in [9.17, 15) is 10.1 Å². The number of nitrogens with one attached hydrogen (secondary N) is 1. The summed E-state index contributed by atoms with van der Waals surface area (Å²) in [5, 5.41) is 13.4. The molecule has 27 heavy (non-hydrogen) atoms. The Balaban J connectivity index is 1.70. The van der Waals surface area contributed by atoms with E-state index in [-0.39, 0.29) is 23.5 Å². The third kappa shape index (κ3) is 4.71. The molecule has 3 atom stereocenters. The number of anilines is 1. The zero-order chi connectivity index (χ0) is 19.8. The van der Waals surface area contributed by atoms with Crippen molar-refractivity contribution in [1.82, 2.24) is 4.90 Å². The third-order valence-electron chi connectivity index (χ3n) is 5.72. The van der Waals surface area contributed by atoms with Crippen LogP contribution in [0, 0.1) is 22.7 Å². The fourth-order valence-corrected chi connectivity index (χ4v) is 5.61. The Labute approximate surface area is 166 Å². The van der Waals surface area contributed by atoms with Gasteiger partial charge in [0, 0.05) is 18.0 Å². The van der Waals surface area contributed by atoms with Crippen molar-refractivity contribution in [2.75, 3.05) is 25.0 Å². The summed E-state index contributed by atoms with van der Waals surface area (Å²) < 4.78 is 5.73. The average molecular weight is 390 g/mol. The van der Waals surface area contributed by atoms with Crippen LogP contribution in [0.15, 0.2) is 0 Å². The van der Waals surface area contributed by atoms with Crippen molar-refractivity contribution in [1.29, 1.82) is 5.26 Å². The predicted molar refractivity (Wildman–Crippen MR) is 109 cm³/mol. The fourth-order valence-electron chi connectivity index (χ4n) is 4.31. The van der Waals surface area contributed by atoms with Crippen LogP contribution in [0.1, 0.15) is 57.0 Å². The molecule has 1 aromatic rings. The number of carbonyl (C=O) groups excluding carboxylic acids is 1. The van der Waals surface area contributed by atoms with Crippen LogP contribution in [-0.4, -0.2) is 42.6 Å². The summed E-state index contributed by atoms with van der Waals surface area (Å²) in [5.41, 5.74) is 2.10. The van der Waals surface area contributed by atoms with Crippen LogP contribution in [0.5, 0.6) is 0 Å². The molecule has 3 unspecified atom stereocenters. The molecule has 5 nitrogen and oxygen atoms in total. The van der Waals surface area contributed by atoms with Crippen molar-refractivity contribution in [3.63, 3.8) is 0 Å². The number of ether oxygens (including phenoxy) is 1. The van der Waals surface area contributed by atoms with Gasteiger partial charge in [0.05, 0.1) is 24.3 Å². The van der Waals surface area contributed by atoms with E-state index in [1.807, 2.05) is 13.8 Å². The van der Waals surface area contributed by atoms with Crippen molar-refractivity contribution in [2.45, 2.75) is 66.1 Å². The van der Waals surface area contributed by atoms with E-state index in [2.05, 4.69) is 37.1 Å². The van der Waals surface area contributed by atoms with Gasteiger partial charge in [-0.1, -0.05) is 20.8 Å². The summed E-state index contributed by atoms with van der Waals surface area (Å²) in [4.78, 5) is 16.0. The topological polar surface area (TPSA) is 65.4 Å². The lowest BCUT2D eigenvalue weighted by Crippen LogP contribution is -2.48. The van der Waals surface area contributed by atoms with E-state index in [0.29, 0.717) is 18.0 Å². The Kier molecular flexibility index (Phi) is 5.95. The summed E-state index contributed by atoms with van der Waals surface area (Å²) in [7, 11) is 0. The van der Waals surface area contributed by atoms with Crippen LogP contribution in [0.3, 0.4) is 0 Å². The van der Waals surface area contributed by atoms with Crippen LogP contribution in [0.4, 0.5) is 5.00 Å². The molecule has 3 rings (SSSR count). The molecule has 6 heteroatoms. The monoisotopic (exact) mass is 389 g/mol.